The second-order valence-corrected chi connectivity index (χ2v) is 8.03. The fraction of sp³-hybridized carbons (Fsp3) is 0.208. The molecule has 0 bridgehead atoms. The number of anilines is 2. The van der Waals surface area contributed by atoms with Crippen LogP contribution in [-0.4, -0.2) is 41.0 Å². The molecule has 0 aliphatic heterocycles. The summed E-state index contributed by atoms with van der Waals surface area (Å²) in [5.41, 5.74) is 4.48. The SMILES string of the molecule is CCN(CC)C(=O)c1cccc(Nc2nc3ccc(-c4cncc(OC)c4)cc3s2)c1. The molecule has 158 valence electrons. The number of hydrogen-bond acceptors (Lipinski definition) is 6. The number of ether oxygens (including phenoxy) is 1. The summed E-state index contributed by atoms with van der Waals surface area (Å²) < 4.78 is 6.35. The topological polar surface area (TPSA) is 67.4 Å². The van der Waals surface area contributed by atoms with Gasteiger partial charge in [-0.1, -0.05) is 23.5 Å². The third-order valence-electron chi connectivity index (χ3n) is 5.08. The first-order chi connectivity index (χ1) is 15.1. The molecule has 0 unspecified atom stereocenters. The summed E-state index contributed by atoms with van der Waals surface area (Å²) in [6, 6.07) is 15.7. The van der Waals surface area contributed by atoms with Gasteiger partial charge in [-0.05, 0) is 55.8 Å². The highest BCUT2D eigenvalue weighted by Crippen LogP contribution is 2.32. The first kappa shape index (κ1) is 20.8. The van der Waals surface area contributed by atoms with Gasteiger partial charge < -0.3 is 15.0 Å². The van der Waals surface area contributed by atoms with Crippen LogP contribution in [-0.2, 0) is 0 Å². The Labute approximate surface area is 185 Å². The van der Waals surface area contributed by atoms with Crippen molar-refractivity contribution in [1.82, 2.24) is 14.9 Å². The molecule has 2 aromatic heterocycles. The lowest BCUT2D eigenvalue weighted by molar-refractivity contribution is 0.0773. The Hall–Kier alpha value is -3.45. The third-order valence-corrected chi connectivity index (χ3v) is 6.02. The Morgan fingerprint density at radius 1 is 1.06 bits per heavy atom. The number of thiazole rings is 1. The van der Waals surface area contributed by atoms with Crippen LogP contribution in [0.25, 0.3) is 21.3 Å². The molecule has 0 atom stereocenters. The number of rotatable bonds is 7. The molecule has 31 heavy (non-hydrogen) atoms. The molecule has 0 radical (unpaired) electrons. The van der Waals surface area contributed by atoms with Gasteiger partial charge in [0.05, 0.1) is 23.5 Å². The van der Waals surface area contributed by atoms with Crippen LogP contribution in [0.5, 0.6) is 5.75 Å². The predicted molar refractivity (Wildman–Crippen MR) is 126 cm³/mol. The molecule has 0 aliphatic carbocycles. The van der Waals surface area contributed by atoms with Gasteiger partial charge in [0.25, 0.3) is 5.91 Å². The molecular weight excluding hydrogens is 408 g/mol. The predicted octanol–water partition coefficient (Wildman–Crippen LogP) is 5.59. The summed E-state index contributed by atoms with van der Waals surface area (Å²) in [6.45, 7) is 5.35. The summed E-state index contributed by atoms with van der Waals surface area (Å²) >= 11 is 1.57. The Balaban J connectivity index is 1.58. The molecule has 0 saturated carbocycles. The van der Waals surface area contributed by atoms with E-state index in [4.69, 9.17) is 9.72 Å². The van der Waals surface area contributed by atoms with Crippen molar-refractivity contribution in [2.75, 3.05) is 25.5 Å². The van der Waals surface area contributed by atoms with Crippen molar-refractivity contribution >= 4 is 38.3 Å². The summed E-state index contributed by atoms with van der Waals surface area (Å²) in [7, 11) is 1.63. The van der Waals surface area contributed by atoms with Crippen molar-refractivity contribution in [3.8, 4) is 16.9 Å². The molecule has 0 saturated heterocycles. The standard InChI is InChI=1S/C24H24N4O2S/c1-4-28(5-2)23(29)17-7-6-8-19(11-17)26-24-27-21-10-9-16(13-22(21)31-24)18-12-20(30-3)15-25-14-18/h6-15H,4-5H2,1-3H3,(H,26,27). The molecule has 2 aromatic carbocycles. The number of carbonyl (C=O) groups is 1. The van der Waals surface area contributed by atoms with Crippen molar-refractivity contribution in [3.63, 3.8) is 0 Å². The number of fused-ring (bicyclic) bond motifs is 1. The molecule has 1 N–H and O–H groups in total. The highest BCUT2D eigenvalue weighted by Gasteiger charge is 2.13. The average molecular weight is 433 g/mol. The van der Waals surface area contributed by atoms with E-state index in [0.717, 1.165) is 37.9 Å². The van der Waals surface area contributed by atoms with Crippen LogP contribution in [0.4, 0.5) is 10.8 Å². The fourth-order valence-electron chi connectivity index (χ4n) is 3.39. The minimum absolute atomic E-state index is 0.0366. The molecular formula is C24H24N4O2S. The number of nitrogens with zero attached hydrogens (tertiary/aromatic N) is 3. The molecule has 0 aliphatic rings. The Bertz CT molecular complexity index is 1220. The third kappa shape index (κ3) is 4.51. The number of carbonyl (C=O) groups excluding carboxylic acids is 1. The van der Waals surface area contributed by atoms with Gasteiger partial charge in [0, 0.05) is 36.1 Å². The van der Waals surface area contributed by atoms with Crippen molar-refractivity contribution in [2.45, 2.75) is 13.8 Å². The zero-order valence-corrected chi connectivity index (χ0v) is 18.6. The van der Waals surface area contributed by atoms with E-state index in [2.05, 4.69) is 16.4 Å². The van der Waals surface area contributed by atoms with Gasteiger partial charge in [-0.15, -0.1) is 0 Å². The van der Waals surface area contributed by atoms with Crippen molar-refractivity contribution in [3.05, 3.63) is 66.5 Å². The highest BCUT2D eigenvalue weighted by atomic mass is 32.1. The summed E-state index contributed by atoms with van der Waals surface area (Å²) in [5.74, 6) is 0.762. The maximum Gasteiger partial charge on any atom is 0.253 e. The lowest BCUT2D eigenvalue weighted by Gasteiger charge is -2.18. The van der Waals surface area contributed by atoms with E-state index in [-0.39, 0.29) is 5.91 Å². The molecule has 0 spiro atoms. The number of nitrogens with one attached hydrogen (secondary N) is 1. The minimum atomic E-state index is 0.0366. The van der Waals surface area contributed by atoms with E-state index in [0.29, 0.717) is 18.7 Å². The smallest absolute Gasteiger partial charge is 0.253 e. The Morgan fingerprint density at radius 3 is 2.68 bits per heavy atom. The molecule has 2 heterocycles. The number of benzene rings is 2. The summed E-state index contributed by atoms with van der Waals surface area (Å²) in [6.07, 6.45) is 3.51. The highest BCUT2D eigenvalue weighted by molar-refractivity contribution is 7.22. The first-order valence-corrected chi connectivity index (χ1v) is 11.0. The summed E-state index contributed by atoms with van der Waals surface area (Å²) in [5, 5.41) is 4.13. The number of aromatic nitrogens is 2. The van der Waals surface area contributed by atoms with E-state index < -0.39 is 0 Å². The van der Waals surface area contributed by atoms with Gasteiger partial charge >= 0.3 is 0 Å². The largest absolute Gasteiger partial charge is 0.495 e. The van der Waals surface area contributed by atoms with Crippen LogP contribution < -0.4 is 10.1 Å². The van der Waals surface area contributed by atoms with E-state index >= 15 is 0 Å². The van der Waals surface area contributed by atoms with Crippen molar-refractivity contribution < 1.29 is 9.53 Å². The van der Waals surface area contributed by atoms with E-state index in [1.807, 2.05) is 67.4 Å². The van der Waals surface area contributed by atoms with Gasteiger partial charge in [0.1, 0.15) is 5.75 Å². The van der Waals surface area contributed by atoms with Gasteiger partial charge in [0.15, 0.2) is 5.13 Å². The zero-order chi connectivity index (χ0) is 21.8. The van der Waals surface area contributed by atoms with Gasteiger partial charge in [-0.2, -0.15) is 0 Å². The van der Waals surface area contributed by atoms with Gasteiger partial charge in [-0.3, -0.25) is 9.78 Å². The lowest BCUT2D eigenvalue weighted by atomic mass is 10.1. The monoisotopic (exact) mass is 432 g/mol. The maximum absolute atomic E-state index is 12.6. The van der Waals surface area contributed by atoms with Crippen LogP contribution >= 0.6 is 11.3 Å². The van der Waals surface area contributed by atoms with Crippen LogP contribution in [0.15, 0.2) is 60.9 Å². The van der Waals surface area contributed by atoms with Gasteiger partial charge in [-0.25, -0.2) is 4.98 Å². The van der Waals surface area contributed by atoms with Crippen molar-refractivity contribution in [2.24, 2.45) is 0 Å². The Morgan fingerprint density at radius 2 is 1.90 bits per heavy atom. The van der Waals surface area contributed by atoms with E-state index in [1.54, 1.807) is 24.6 Å². The van der Waals surface area contributed by atoms with Crippen LogP contribution in [0, 0.1) is 0 Å². The number of amides is 1. The van der Waals surface area contributed by atoms with Crippen LogP contribution in [0.3, 0.4) is 0 Å². The number of hydrogen-bond donors (Lipinski definition) is 1. The molecule has 0 fully saturated rings. The molecule has 4 aromatic rings. The van der Waals surface area contributed by atoms with Crippen LogP contribution in [0.1, 0.15) is 24.2 Å². The normalized spacial score (nSPS) is 10.8. The number of pyridine rings is 1. The number of methoxy groups -OCH3 is 1. The quantitative estimate of drug-likeness (QED) is 0.412. The summed E-state index contributed by atoms with van der Waals surface area (Å²) in [4.78, 5) is 23.4. The van der Waals surface area contributed by atoms with E-state index in [1.165, 1.54) is 0 Å². The molecule has 7 heteroatoms. The molecule has 4 rings (SSSR count). The lowest BCUT2D eigenvalue weighted by Crippen LogP contribution is -2.30. The molecule has 1 amide bonds. The Kier molecular flexibility index (Phi) is 6.13. The second kappa shape index (κ2) is 9.14. The molecule has 6 nitrogen and oxygen atoms in total. The minimum Gasteiger partial charge on any atom is -0.495 e. The maximum atomic E-state index is 12.6. The van der Waals surface area contributed by atoms with Crippen LogP contribution in [0.2, 0.25) is 0 Å². The van der Waals surface area contributed by atoms with Crippen molar-refractivity contribution in [1.29, 1.82) is 0 Å². The fourth-order valence-corrected chi connectivity index (χ4v) is 4.32. The first-order valence-electron chi connectivity index (χ1n) is 10.2. The zero-order valence-electron chi connectivity index (χ0n) is 17.8. The van der Waals surface area contributed by atoms with Gasteiger partial charge in [0.2, 0.25) is 0 Å². The average Bonchev–Trinajstić information content (AvgIpc) is 3.21. The van der Waals surface area contributed by atoms with E-state index in [9.17, 15) is 4.79 Å². The second-order valence-electron chi connectivity index (χ2n) is 7.00.